The molecule has 1 amide bonds. The van der Waals surface area contributed by atoms with E-state index in [1.54, 1.807) is 37.5 Å². The van der Waals surface area contributed by atoms with E-state index in [9.17, 15) is 4.79 Å². The van der Waals surface area contributed by atoms with Gasteiger partial charge in [-0.1, -0.05) is 23.7 Å². The Labute approximate surface area is 152 Å². The number of hydrogen-bond donors (Lipinski definition) is 1. The number of para-hydroxylation sites is 2. The molecule has 0 heterocycles. The summed E-state index contributed by atoms with van der Waals surface area (Å²) in [4.78, 5) is 12.1. The highest BCUT2D eigenvalue weighted by Crippen LogP contribution is 2.36. The van der Waals surface area contributed by atoms with E-state index in [4.69, 9.17) is 25.8 Å². The van der Waals surface area contributed by atoms with E-state index in [2.05, 4.69) is 5.32 Å². The molecule has 2 rings (SSSR count). The zero-order chi connectivity index (χ0) is 18.2. The molecule has 132 valence electrons. The number of anilines is 1. The second kappa shape index (κ2) is 8.99. The Balaban J connectivity index is 2.16. The van der Waals surface area contributed by atoms with Crippen molar-refractivity contribution in [3.63, 3.8) is 0 Å². The Hall–Kier alpha value is -2.66. The molecular weight excluding hydrogens is 342 g/mol. The number of hydrogen-bond acceptors (Lipinski definition) is 4. The van der Waals surface area contributed by atoms with Crippen LogP contribution in [0.4, 0.5) is 5.69 Å². The number of benzene rings is 2. The van der Waals surface area contributed by atoms with Gasteiger partial charge in [-0.3, -0.25) is 4.79 Å². The Morgan fingerprint density at radius 3 is 2.60 bits per heavy atom. The number of nitrogens with one attached hydrogen (secondary N) is 1. The number of carbonyl (C=O) groups excluding carboxylic acids is 1. The van der Waals surface area contributed by atoms with E-state index in [-0.39, 0.29) is 5.91 Å². The molecule has 0 spiro atoms. The molecule has 0 aliphatic rings. The average Bonchev–Trinajstić information content (AvgIpc) is 2.60. The van der Waals surface area contributed by atoms with Crippen molar-refractivity contribution in [3.05, 3.63) is 53.1 Å². The highest BCUT2D eigenvalue weighted by Gasteiger charge is 2.11. The van der Waals surface area contributed by atoms with Crippen molar-refractivity contribution >= 4 is 29.3 Å². The molecule has 1 N–H and O–H groups in total. The highest BCUT2D eigenvalue weighted by atomic mass is 35.5. The van der Waals surface area contributed by atoms with Crippen LogP contribution in [0.3, 0.4) is 0 Å². The van der Waals surface area contributed by atoms with Crippen LogP contribution in [0.15, 0.2) is 42.5 Å². The Morgan fingerprint density at radius 2 is 1.92 bits per heavy atom. The zero-order valence-corrected chi connectivity index (χ0v) is 15.1. The molecule has 0 aromatic heterocycles. The molecule has 0 atom stereocenters. The Bertz CT molecular complexity index is 774. The van der Waals surface area contributed by atoms with Gasteiger partial charge in [-0.15, -0.1) is 0 Å². The van der Waals surface area contributed by atoms with Gasteiger partial charge in [0.05, 0.1) is 31.5 Å². The summed E-state index contributed by atoms with van der Waals surface area (Å²) in [6, 6.07) is 10.7. The molecule has 5 nitrogen and oxygen atoms in total. The molecular formula is C19H20ClNO4. The van der Waals surface area contributed by atoms with Crippen LogP contribution in [0.25, 0.3) is 6.08 Å². The summed E-state index contributed by atoms with van der Waals surface area (Å²) in [6.07, 6.45) is 3.07. The fourth-order valence-corrected chi connectivity index (χ4v) is 2.54. The SMILES string of the molecule is CCOc1cc(/C=C/C(=O)Nc2ccccc2OC)cc(Cl)c1OC. The third kappa shape index (κ3) is 4.90. The second-order valence-electron chi connectivity index (χ2n) is 4.99. The van der Waals surface area contributed by atoms with Crippen molar-refractivity contribution in [3.8, 4) is 17.2 Å². The molecule has 0 aliphatic carbocycles. The predicted octanol–water partition coefficient (Wildman–Crippen LogP) is 4.41. The molecule has 25 heavy (non-hydrogen) atoms. The van der Waals surface area contributed by atoms with Gasteiger partial charge < -0.3 is 19.5 Å². The molecule has 6 heteroatoms. The smallest absolute Gasteiger partial charge is 0.248 e. The van der Waals surface area contributed by atoms with Gasteiger partial charge in [0.25, 0.3) is 0 Å². The Morgan fingerprint density at radius 1 is 1.16 bits per heavy atom. The maximum Gasteiger partial charge on any atom is 0.248 e. The summed E-state index contributed by atoms with van der Waals surface area (Å²) in [5.41, 5.74) is 1.33. The summed E-state index contributed by atoms with van der Waals surface area (Å²) >= 11 is 6.20. The third-order valence-corrected chi connectivity index (χ3v) is 3.61. The lowest BCUT2D eigenvalue weighted by Crippen LogP contribution is -2.08. The normalized spacial score (nSPS) is 10.6. The average molecular weight is 362 g/mol. The second-order valence-corrected chi connectivity index (χ2v) is 5.40. The number of methoxy groups -OCH3 is 2. The first-order chi connectivity index (χ1) is 12.1. The molecule has 2 aromatic rings. The third-order valence-electron chi connectivity index (χ3n) is 3.33. The first-order valence-electron chi connectivity index (χ1n) is 7.71. The van der Waals surface area contributed by atoms with Crippen molar-refractivity contribution in [2.75, 3.05) is 26.1 Å². The fraction of sp³-hybridized carbons (Fsp3) is 0.211. The van der Waals surface area contributed by atoms with E-state index < -0.39 is 0 Å². The van der Waals surface area contributed by atoms with Crippen molar-refractivity contribution in [1.29, 1.82) is 0 Å². The minimum absolute atomic E-state index is 0.283. The number of carbonyl (C=O) groups is 1. The zero-order valence-electron chi connectivity index (χ0n) is 14.3. The van der Waals surface area contributed by atoms with Crippen LogP contribution in [-0.4, -0.2) is 26.7 Å². The Kier molecular flexibility index (Phi) is 6.71. The van der Waals surface area contributed by atoms with Crippen LogP contribution in [0.1, 0.15) is 12.5 Å². The first kappa shape index (κ1) is 18.7. The minimum atomic E-state index is -0.283. The predicted molar refractivity (Wildman–Crippen MR) is 99.8 cm³/mol. The van der Waals surface area contributed by atoms with Crippen LogP contribution in [0, 0.1) is 0 Å². The van der Waals surface area contributed by atoms with Gasteiger partial charge in [-0.2, -0.15) is 0 Å². The van der Waals surface area contributed by atoms with Gasteiger partial charge in [0, 0.05) is 6.08 Å². The topological polar surface area (TPSA) is 56.8 Å². The molecule has 0 radical (unpaired) electrons. The number of rotatable bonds is 7. The molecule has 2 aromatic carbocycles. The van der Waals surface area contributed by atoms with Crippen LogP contribution in [0.2, 0.25) is 5.02 Å². The number of ether oxygens (including phenoxy) is 3. The summed E-state index contributed by atoms with van der Waals surface area (Å²) < 4.78 is 16.0. The molecule has 0 fully saturated rings. The molecule has 0 unspecified atom stereocenters. The van der Waals surface area contributed by atoms with Gasteiger partial charge >= 0.3 is 0 Å². The highest BCUT2D eigenvalue weighted by molar-refractivity contribution is 6.32. The summed E-state index contributed by atoms with van der Waals surface area (Å²) in [6.45, 7) is 2.35. The number of amides is 1. The lowest BCUT2D eigenvalue weighted by molar-refractivity contribution is -0.111. The standard InChI is InChI=1S/C19H20ClNO4/c1-4-25-17-12-13(11-14(20)19(17)24-3)9-10-18(22)21-15-7-5-6-8-16(15)23-2/h5-12H,4H2,1-3H3,(H,21,22)/b10-9+. The largest absolute Gasteiger partial charge is 0.495 e. The summed E-state index contributed by atoms with van der Waals surface area (Å²) in [7, 11) is 3.08. The van der Waals surface area contributed by atoms with E-state index in [1.165, 1.54) is 13.2 Å². The van der Waals surface area contributed by atoms with Gasteiger partial charge in [0.15, 0.2) is 11.5 Å². The van der Waals surface area contributed by atoms with Crippen molar-refractivity contribution in [2.24, 2.45) is 0 Å². The summed E-state index contributed by atoms with van der Waals surface area (Å²) in [5.74, 6) is 1.31. The van der Waals surface area contributed by atoms with E-state index in [0.29, 0.717) is 34.6 Å². The van der Waals surface area contributed by atoms with Gasteiger partial charge in [-0.25, -0.2) is 0 Å². The molecule has 0 saturated heterocycles. The van der Waals surface area contributed by atoms with Crippen LogP contribution < -0.4 is 19.5 Å². The monoisotopic (exact) mass is 361 g/mol. The van der Waals surface area contributed by atoms with Crippen LogP contribution in [0.5, 0.6) is 17.2 Å². The van der Waals surface area contributed by atoms with Gasteiger partial charge in [-0.05, 0) is 42.8 Å². The van der Waals surface area contributed by atoms with Gasteiger partial charge in [0.2, 0.25) is 5.91 Å². The van der Waals surface area contributed by atoms with Crippen molar-refractivity contribution in [2.45, 2.75) is 6.92 Å². The minimum Gasteiger partial charge on any atom is -0.495 e. The van der Waals surface area contributed by atoms with Crippen molar-refractivity contribution in [1.82, 2.24) is 0 Å². The lowest BCUT2D eigenvalue weighted by atomic mass is 10.2. The van der Waals surface area contributed by atoms with E-state index in [1.807, 2.05) is 19.1 Å². The van der Waals surface area contributed by atoms with E-state index in [0.717, 1.165) is 5.56 Å². The fourth-order valence-electron chi connectivity index (χ4n) is 2.24. The van der Waals surface area contributed by atoms with Crippen LogP contribution in [-0.2, 0) is 4.79 Å². The quantitative estimate of drug-likeness (QED) is 0.742. The van der Waals surface area contributed by atoms with Gasteiger partial charge in [0.1, 0.15) is 5.75 Å². The number of halogens is 1. The van der Waals surface area contributed by atoms with Crippen LogP contribution >= 0.6 is 11.6 Å². The molecule has 0 bridgehead atoms. The maximum atomic E-state index is 12.1. The first-order valence-corrected chi connectivity index (χ1v) is 8.09. The summed E-state index contributed by atoms with van der Waals surface area (Å²) in [5, 5.41) is 3.18. The van der Waals surface area contributed by atoms with Crippen molar-refractivity contribution < 1.29 is 19.0 Å². The molecule has 0 aliphatic heterocycles. The molecule has 0 saturated carbocycles. The lowest BCUT2D eigenvalue weighted by Gasteiger charge is -2.11. The maximum absolute atomic E-state index is 12.1. The van der Waals surface area contributed by atoms with E-state index >= 15 is 0 Å².